The number of benzene rings is 1. The predicted octanol–water partition coefficient (Wildman–Crippen LogP) is 3.87. The standard InChI is InChI=1S/C23H36N4O.HI/c1-3-24-23(25-12-7-20-10-15-28-16-11-20)26-22-8-13-27(14-9-22)18-21-6-4-5-19(2)17-21;/h4-6,10,17,22H,3,7-9,11-16,18H2,1-2H3,(H2,24,25,26);1H. The number of nitrogens with zero attached hydrogens (tertiary/aromatic N) is 2. The fourth-order valence-corrected chi connectivity index (χ4v) is 3.92. The van der Waals surface area contributed by atoms with Gasteiger partial charge in [-0.25, -0.2) is 0 Å². The van der Waals surface area contributed by atoms with Crippen LogP contribution in [0.15, 0.2) is 40.9 Å². The summed E-state index contributed by atoms with van der Waals surface area (Å²) in [6.45, 7) is 11.0. The summed E-state index contributed by atoms with van der Waals surface area (Å²) in [4.78, 5) is 7.36. The molecule has 0 spiro atoms. The lowest BCUT2D eigenvalue weighted by molar-refractivity contribution is 0.153. The van der Waals surface area contributed by atoms with Gasteiger partial charge in [-0.1, -0.05) is 41.5 Å². The second kappa shape index (κ2) is 13.2. The van der Waals surface area contributed by atoms with Crippen molar-refractivity contribution in [3.63, 3.8) is 0 Å². The number of piperidine rings is 1. The van der Waals surface area contributed by atoms with Crippen LogP contribution >= 0.6 is 24.0 Å². The fraction of sp³-hybridized carbons (Fsp3) is 0.609. The van der Waals surface area contributed by atoms with Crippen LogP contribution in [0, 0.1) is 6.92 Å². The molecule has 5 nitrogen and oxygen atoms in total. The number of hydrogen-bond acceptors (Lipinski definition) is 3. The van der Waals surface area contributed by atoms with Gasteiger partial charge in [-0.05, 0) is 45.1 Å². The number of nitrogens with one attached hydrogen (secondary N) is 2. The first-order valence-corrected chi connectivity index (χ1v) is 10.8. The minimum atomic E-state index is 0. The lowest BCUT2D eigenvalue weighted by Crippen LogP contribution is -2.48. The largest absolute Gasteiger partial charge is 0.377 e. The molecule has 0 aromatic heterocycles. The monoisotopic (exact) mass is 512 g/mol. The second-order valence-corrected chi connectivity index (χ2v) is 7.88. The van der Waals surface area contributed by atoms with Crippen molar-refractivity contribution < 1.29 is 4.74 Å². The molecule has 1 saturated heterocycles. The molecule has 0 saturated carbocycles. The van der Waals surface area contributed by atoms with Gasteiger partial charge in [0.25, 0.3) is 0 Å². The van der Waals surface area contributed by atoms with Crippen LogP contribution in [0.25, 0.3) is 0 Å². The second-order valence-electron chi connectivity index (χ2n) is 7.88. The molecule has 1 fully saturated rings. The smallest absolute Gasteiger partial charge is 0.191 e. The van der Waals surface area contributed by atoms with Crippen LogP contribution in [0.5, 0.6) is 0 Å². The highest BCUT2D eigenvalue weighted by Crippen LogP contribution is 2.15. The van der Waals surface area contributed by atoms with Crippen LogP contribution < -0.4 is 10.6 Å². The molecule has 3 rings (SSSR count). The average Bonchev–Trinajstić information content (AvgIpc) is 2.70. The Hall–Kier alpha value is -1.12. The molecule has 1 aromatic rings. The Bertz CT molecular complexity index is 669. The van der Waals surface area contributed by atoms with Crippen molar-refractivity contribution in [1.82, 2.24) is 15.5 Å². The third-order valence-corrected chi connectivity index (χ3v) is 5.52. The molecule has 0 bridgehead atoms. The Labute approximate surface area is 193 Å². The van der Waals surface area contributed by atoms with Crippen molar-refractivity contribution in [3.05, 3.63) is 47.0 Å². The molecule has 2 N–H and O–H groups in total. The Morgan fingerprint density at radius 3 is 2.79 bits per heavy atom. The molecule has 2 aliphatic heterocycles. The highest BCUT2D eigenvalue weighted by atomic mass is 127. The maximum atomic E-state index is 5.38. The van der Waals surface area contributed by atoms with E-state index in [9.17, 15) is 0 Å². The van der Waals surface area contributed by atoms with E-state index in [-0.39, 0.29) is 24.0 Å². The summed E-state index contributed by atoms with van der Waals surface area (Å²) in [5.74, 6) is 0.965. The van der Waals surface area contributed by atoms with Crippen molar-refractivity contribution in [2.45, 2.75) is 52.1 Å². The van der Waals surface area contributed by atoms with E-state index in [1.54, 1.807) is 0 Å². The minimum Gasteiger partial charge on any atom is -0.377 e. The molecule has 1 aromatic carbocycles. The zero-order valence-corrected chi connectivity index (χ0v) is 20.3. The first-order valence-electron chi connectivity index (χ1n) is 10.8. The summed E-state index contributed by atoms with van der Waals surface area (Å²) in [5.41, 5.74) is 4.25. The maximum absolute atomic E-state index is 5.38. The zero-order valence-electron chi connectivity index (χ0n) is 18.0. The molecule has 0 atom stereocenters. The van der Waals surface area contributed by atoms with Crippen LogP contribution in [0.2, 0.25) is 0 Å². The molecule has 162 valence electrons. The van der Waals surface area contributed by atoms with E-state index in [1.807, 2.05) is 0 Å². The molecule has 0 amide bonds. The van der Waals surface area contributed by atoms with Crippen LogP contribution in [0.1, 0.15) is 43.7 Å². The van der Waals surface area contributed by atoms with E-state index < -0.39 is 0 Å². The lowest BCUT2D eigenvalue weighted by atomic mass is 10.0. The van der Waals surface area contributed by atoms with E-state index in [1.165, 1.54) is 29.5 Å². The number of aryl methyl sites for hydroxylation is 1. The van der Waals surface area contributed by atoms with Gasteiger partial charge in [-0.3, -0.25) is 9.89 Å². The third-order valence-electron chi connectivity index (χ3n) is 5.52. The summed E-state index contributed by atoms with van der Waals surface area (Å²) >= 11 is 0. The number of rotatable bonds is 7. The molecule has 6 heteroatoms. The van der Waals surface area contributed by atoms with Gasteiger partial charge in [0, 0.05) is 38.8 Å². The number of guanidine groups is 1. The topological polar surface area (TPSA) is 48.9 Å². The molecular weight excluding hydrogens is 475 g/mol. The molecular formula is C23H37IN4O. The zero-order chi connectivity index (χ0) is 19.6. The van der Waals surface area contributed by atoms with Gasteiger partial charge >= 0.3 is 0 Å². The van der Waals surface area contributed by atoms with E-state index in [0.717, 1.165) is 64.7 Å². The Kier molecular flexibility index (Phi) is 11.0. The first kappa shape index (κ1) is 24.2. The maximum Gasteiger partial charge on any atom is 0.191 e. The molecule has 2 heterocycles. The molecule has 2 aliphatic rings. The number of ether oxygens (including phenoxy) is 1. The average molecular weight is 512 g/mol. The summed E-state index contributed by atoms with van der Waals surface area (Å²) in [6.07, 6.45) is 6.63. The Morgan fingerprint density at radius 2 is 2.10 bits per heavy atom. The normalized spacial score (nSPS) is 18.7. The van der Waals surface area contributed by atoms with Gasteiger partial charge in [0.15, 0.2) is 5.96 Å². The minimum absolute atomic E-state index is 0. The molecule has 0 unspecified atom stereocenters. The van der Waals surface area contributed by atoms with Gasteiger partial charge in [0.1, 0.15) is 0 Å². The van der Waals surface area contributed by atoms with Crippen molar-refractivity contribution in [3.8, 4) is 0 Å². The highest BCUT2D eigenvalue weighted by Gasteiger charge is 2.20. The van der Waals surface area contributed by atoms with E-state index in [0.29, 0.717) is 6.04 Å². The van der Waals surface area contributed by atoms with Gasteiger partial charge in [0.05, 0.1) is 13.2 Å². The Balaban J connectivity index is 0.00000300. The quantitative estimate of drug-likeness (QED) is 0.252. The van der Waals surface area contributed by atoms with E-state index in [2.05, 4.69) is 59.7 Å². The first-order chi connectivity index (χ1) is 13.7. The number of aliphatic imine (C=N–C) groups is 1. The predicted molar refractivity (Wildman–Crippen MR) is 132 cm³/mol. The van der Waals surface area contributed by atoms with Crippen LogP contribution in [-0.2, 0) is 11.3 Å². The van der Waals surface area contributed by atoms with Crippen molar-refractivity contribution in [1.29, 1.82) is 0 Å². The third kappa shape index (κ3) is 8.64. The fourth-order valence-electron chi connectivity index (χ4n) is 3.92. The molecule has 29 heavy (non-hydrogen) atoms. The lowest BCUT2D eigenvalue weighted by Gasteiger charge is -2.33. The van der Waals surface area contributed by atoms with Gasteiger partial charge < -0.3 is 15.4 Å². The number of likely N-dealkylation sites (tertiary alicyclic amines) is 1. The van der Waals surface area contributed by atoms with Crippen LogP contribution in [0.4, 0.5) is 0 Å². The van der Waals surface area contributed by atoms with Crippen molar-refractivity contribution >= 4 is 29.9 Å². The summed E-state index contributed by atoms with van der Waals surface area (Å²) < 4.78 is 5.38. The van der Waals surface area contributed by atoms with E-state index in [4.69, 9.17) is 9.73 Å². The Morgan fingerprint density at radius 1 is 1.28 bits per heavy atom. The van der Waals surface area contributed by atoms with Gasteiger partial charge in [-0.2, -0.15) is 0 Å². The van der Waals surface area contributed by atoms with Gasteiger partial charge in [-0.15, -0.1) is 24.0 Å². The summed E-state index contributed by atoms with van der Waals surface area (Å²) in [5, 5.41) is 7.06. The summed E-state index contributed by atoms with van der Waals surface area (Å²) in [6, 6.07) is 9.37. The van der Waals surface area contributed by atoms with Crippen molar-refractivity contribution in [2.24, 2.45) is 4.99 Å². The highest BCUT2D eigenvalue weighted by molar-refractivity contribution is 14.0. The number of halogens is 1. The molecule has 0 aliphatic carbocycles. The van der Waals surface area contributed by atoms with Gasteiger partial charge in [0.2, 0.25) is 0 Å². The number of hydrogen-bond donors (Lipinski definition) is 2. The van der Waals surface area contributed by atoms with Crippen molar-refractivity contribution in [2.75, 3.05) is 39.4 Å². The van der Waals surface area contributed by atoms with Crippen LogP contribution in [0.3, 0.4) is 0 Å². The molecule has 0 radical (unpaired) electrons. The van der Waals surface area contributed by atoms with E-state index >= 15 is 0 Å². The van der Waals surface area contributed by atoms with Crippen LogP contribution in [-0.4, -0.2) is 56.3 Å². The SMILES string of the molecule is CCNC(=NCCC1=CCOCC1)NC1CCN(Cc2cccc(C)c2)CC1.I. The summed E-state index contributed by atoms with van der Waals surface area (Å²) in [7, 11) is 0.